The molecule has 0 fully saturated rings. The quantitative estimate of drug-likeness (QED) is 0.512. The highest BCUT2D eigenvalue weighted by Gasteiger charge is 2.34. The van der Waals surface area contributed by atoms with Gasteiger partial charge in [0, 0.05) is 11.5 Å². The van der Waals surface area contributed by atoms with Crippen LogP contribution in [-0.2, 0) is 6.42 Å². The molecule has 1 aromatic rings. The summed E-state index contributed by atoms with van der Waals surface area (Å²) >= 11 is 0. The number of aromatic hydroxyl groups is 2. The predicted molar refractivity (Wildman–Crippen MR) is 93.9 cm³/mol. The Balaban J connectivity index is 2.29. The van der Waals surface area contributed by atoms with Gasteiger partial charge in [-0.2, -0.15) is 0 Å². The van der Waals surface area contributed by atoms with E-state index >= 15 is 0 Å². The van der Waals surface area contributed by atoms with E-state index in [1.807, 2.05) is 6.08 Å². The fraction of sp³-hybridized carbons (Fsp3) is 0.600. The molecule has 0 spiro atoms. The molecule has 23 heavy (non-hydrogen) atoms. The van der Waals surface area contributed by atoms with Gasteiger partial charge in [-0.3, -0.25) is 0 Å². The van der Waals surface area contributed by atoms with Gasteiger partial charge in [0.1, 0.15) is 11.5 Å². The van der Waals surface area contributed by atoms with Crippen LogP contribution in [0.2, 0.25) is 0 Å². The zero-order valence-corrected chi connectivity index (χ0v) is 14.5. The molecule has 1 aliphatic carbocycles. The Bertz CT molecular complexity index is 537. The number of phenols is 2. The molecule has 3 nitrogen and oxygen atoms in total. The van der Waals surface area contributed by atoms with Crippen LogP contribution in [0, 0.1) is 11.8 Å². The van der Waals surface area contributed by atoms with E-state index in [-0.39, 0.29) is 24.0 Å². The first kappa shape index (κ1) is 17.9. The molecule has 3 heteroatoms. The van der Waals surface area contributed by atoms with Crippen LogP contribution in [0.5, 0.6) is 11.5 Å². The Labute approximate surface area is 139 Å². The summed E-state index contributed by atoms with van der Waals surface area (Å²) in [6, 6.07) is 3.60. The van der Waals surface area contributed by atoms with E-state index in [0.29, 0.717) is 17.4 Å². The summed E-state index contributed by atoms with van der Waals surface area (Å²) < 4.78 is 0. The van der Waals surface area contributed by atoms with Gasteiger partial charge >= 0.3 is 0 Å². The monoisotopic (exact) mass is 318 g/mol. The third-order valence-corrected chi connectivity index (χ3v) is 5.03. The lowest BCUT2D eigenvalue weighted by molar-refractivity contribution is 0.311. The third kappa shape index (κ3) is 4.08. The lowest BCUT2D eigenvalue weighted by Crippen LogP contribution is -2.14. The summed E-state index contributed by atoms with van der Waals surface area (Å²) in [4.78, 5) is 0. The minimum Gasteiger partial charge on any atom is -0.507 e. The van der Waals surface area contributed by atoms with Crippen molar-refractivity contribution in [1.29, 1.82) is 0 Å². The van der Waals surface area contributed by atoms with Gasteiger partial charge in [-0.15, -0.1) is 0 Å². The number of aliphatic hydroxyl groups is 1. The van der Waals surface area contributed by atoms with E-state index in [9.17, 15) is 15.3 Å². The molecular formula is C20H30O3. The Morgan fingerprint density at radius 2 is 1.78 bits per heavy atom. The first-order valence-electron chi connectivity index (χ1n) is 8.83. The van der Waals surface area contributed by atoms with Crippen LogP contribution in [0.15, 0.2) is 23.8 Å². The average Bonchev–Trinajstić information content (AvgIpc) is 2.91. The standard InChI is InChI=1S/C20H30O3/c1-4-5-6-7-14-10-18(22)20(19(23)11-14)17-9-15(12-21)8-16(17)13(2)3/h9-11,13,16-17,21-23H,4-8,12H2,1-3H3/t16?,17-/m1/s1. The van der Waals surface area contributed by atoms with E-state index in [4.69, 9.17) is 0 Å². The molecule has 0 saturated heterocycles. The van der Waals surface area contributed by atoms with Crippen LogP contribution < -0.4 is 0 Å². The highest BCUT2D eigenvalue weighted by Crippen LogP contribution is 2.48. The highest BCUT2D eigenvalue weighted by molar-refractivity contribution is 5.51. The largest absolute Gasteiger partial charge is 0.507 e. The lowest BCUT2D eigenvalue weighted by atomic mass is 9.80. The van der Waals surface area contributed by atoms with Crippen molar-refractivity contribution in [2.75, 3.05) is 6.61 Å². The molecule has 2 rings (SSSR count). The van der Waals surface area contributed by atoms with Crippen LogP contribution >= 0.6 is 0 Å². The topological polar surface area (TPSA) is 60.7 Å². The highest BCUT2D eigenvalue weighted by atomic mass is 16.3. The van der Waals surface area contributed by atoms with Crippen molar-refractivity contribution in [3.8, 4) is 11.5 Å². The number of phenolic OH excluding ortho intramolecular Hbond substituents is 2. The molecule has 1 aromatic carbocycles. The third-order valence-electron chi connectivity index (χ3n) is 5.03. The average molecular weight is 318 g/mol. The van der Waals surface area contributed by atoms with Gasteiger partial charge in [0.25, 0.3) is 0 Å². The molecule has 0 saturated carbocycles. The van der Waals surface area contributed by atoms with Gasteiger partial charge in [0.15, 0.2) is 0 Å². The fourth-order valence-corrected chi connectivity index (χ4v) is 3.68. The first-order valence-corrected chi connectivity index (χ1v) is 8.83. The molecule has 128 valence electrons. The van der Waals surface area contributed by atoms with E-state index in [1.54, 1.807) is 12.1 Å². The summed E-state index contributed by atoms with van der Waals surface area (Å²) in [5.74, 6) is 1.07. The Hall–Kier alpha value is -1.48. The molecule has 0 amide bonds. The van der Waals surface area contributed by atoms with Crippen LogP contribution in [0.4, 0.5) is 0 Å². The van der Waals surface area contributed by atoms with Crippen LogP contribution in [-0.4, -0.2) is 21.9 Å². The van der Waals surface area contributed by atoms with E-state index < -0.39 is 0 Å². The number of unbranched alkanes of at least 4 members (excludes halogenated alkanes) is 2. The van der Waals surface area contributed by atoms with Gasteiger partial charge in [0.05, 0.1) is 6.61 Å². The van der Waals surface area contributed by atoms with Crippen molar-refractivity contribution in [3.63, 3.8) is 0 Å². The maximum Gasteiger partial charge on any atom is 0.123 e. The van der Waals surface area contributed by atoms with Crippen molar-refractivity contribution in [2.45, 2.75) is 58.8 Å². The zero-order valence-electron chi connectivity index (χ0n) is 14.5. The number of aliphatic hydroxyl groups excluding tert-OH is 1. The number of hydrogen-bond donors (Lipinski definition) is 3. The lowest BCUT2D eigenvalue weighted by Gasteiger charge is -2.25. The van der Waals surface area contributed by atoms with Crippen molar-refractivity contribution in [3.05, 3.63) is 34.9 Å². The molecule has 0 aromatic heterocycles. The summed E-state index contributed by atoms with van der Waals surface area (Å²) in [5, 5.41) is 30.4. The number of rotatable bonds is 7. The Morgan fingerprint density at radius 1 is 1.13 bits per heavy atom. The van der Waals surface area contributed by atoms with Gasteiger partial charge in [-0.05, 0) is 54.4 Å². The zero-order chi connectivity index (χ0) is 17.0. The summed E-state index contributed by atoms with van der Waals surface area (Å²) in [6.45, 7) is 6.52. The van der Waals surface area contributed by atoms with Gasteiger partial charge in [-0.1, -0.05) is 39.7 Å². The van der Waals surface area contributed by atoms with Crippen LogP contribution in [0.25, 0.3) is 0 Å². The second-order valence-electron chi connectivity index (χ2n) is 7.13. The minimum atomic E-state index is -0.0261. The molecule has 1 aliphatic rings. The van der Waals surface area contributed by atoms with E-state index in [1.165, 1.54) is 0 Å². The smallest absolute Gasteiger partial charge is 0.123 e. The fourth-order valence-electron chi connectivity index (χ4n) is 3.68. The van der Waals surface area contributed by atoms with Gasteiger partial charge < -0.3 is 15.3 Å². The van der Waals surface area contributed by atoms with E-state index in [0.717, 1.165) is 43.2 Å². The molecule has 3 N–H and O–H groups in total. The molecular weight excluding hydrogens is 288 g/mol. The maximum atomic E-state index is 10.5. The molecule has 0 heterocycles. The molecule has 2 atom stereocenters. The normalized spacial score (nSPS) is 21.0. The van der Waals surface area contributed by atoms with E-state index in [2.05, 4.69) is 20.8 Å². The second-order valence-corrected chi connectivity index (χ2v) is 7.13. The van der Waals surface area contributed by atoms with Crippen molar-refractivity contribution in [2.24, 2.45) is 11.8 Å². The molecule has 1 unspecified atom stereocenters. The number of allylic oxidation sites excluding steroid dienone is 1. The Kier molecular flexibility index (Phi) is 6.11. The summed E-state index contributed by atoms with van der Waals surface area (Å²) in [5.41, 5.74) is 2.61. The van der Waals surface area contributed by atoms with Gasteiger partial charge in [0.2, 0.25) is 0 Å². The summed E-state index contributed by atoms with van der Waals surface area (Å²) in [7, 11) is 0. The summed E-state index contributed by atoms with van der Waals surface area (Å²) in [6.07, 6.45) is 7.12. The number of benzene rings is 1. The van der Waals surface area contributed by atoms with Crippen molar-refractivity contribution in [1.82, 2.24) is 0 Å². The molecule has 0 aliphatic heterocycles. The molecule has 0 bridgehead atoms. The second kappa shape index (κ2) is 7.87. The maximum absolute atomic E-state index is 10.5. The first-order chi connectivity index (χ1) is 11.0. The van der Waals surface area contributed by atoms with Gasteiger partial charge in [-0.25, -0.2) is 0 Å². The van der Waals surface area contributed by atoms with Crippen LogP contribution in [0.1, 0.15) is 63.5 Å². The number of aryl methyl sites for hydroxylation is 1. The Morgan fingerprint density at radius 3 is 2.30 bits per heavy atom. The van der Waals surface area contributed by atoms with Crippen molar-refractivity contribution < 1.29 is 15.3 Å². The predicted octanol–water partition coefficient (Wildman–Crippen LogP) is 4.51. The van der Waals surface area contributed by atoms with Crippen LogP contribution in [0.3, 0.4) is 0 Å². The minimum absolute atomic E-state index is 0.0261. The van der Waals surface area contributed by atoms with Crippen molar-refractivity contribution >= 4 is 0 Å². The molecule has 0 radical (unpaired) electrons. The number of hydrogen-bond acceptors (Lipinski definition) is 3. The SMILES string of the molecule is CCCCCc1cc(O)c([C@@H]2C=C(CO)CC2C(C)C)c(O)c1.